The first kappa shape index (κ1) is 25.7. The molecule has 2 heterocycles. The first-order chi connectivity index (χ1) is 15.0. The maximum absolute atomic E-state index is 10.3. The normalized spacial score (nSPS) is 37.5. The number of methoxy groups -OCH3 is 1. The van der Waals surface area contributed by atoms with E-state index in [0.717, 1.165) is 0 Å². The second kappa shape index (κ2) is 10.1. The van der Waals surface area contributed by atoms with Crippen LogP contribution in [0.15, 0.2) is 6.07 Å². The van der Waals surface area contributed by atoms with Gasteiger partial charge in [-0.15, -0.1) is 0 Å². The summed E-state index contributed by atoms with van der Waals surface area (Å²) in [5, 5.41) is 60.5. The van der Waals surface area contributed by atoms with E-state index in [2.05, 4.69) is 0 Å². The summed E-state index contributed by atoms with van der Waals surface area (Å²) in [7, 11) is 1.40. The lowest BCUT2D eigenvalue weighted by Crippen LogP contribution is -2.60. The second-order valence-electron chi connectivity index (χ2n) is 7.68. The molecule has 0 amide bonds. The first-order valence-electron chi connectivity index (χ1n) is 9.67. The zero-order valence-corrected chi connectivity index (χ0v) is 18.7. The van der Waals surface area contributed by atoms with Crippen molar-refractivity contribution in [2.24, 2.45) is 0 Å². The summed E-state index contributed by atoms with van der Waals surface area (Å²) in [6.45, 7) is 0.105. The van der Waals surface area contributed by atoms with Gasteiger partial charge < -0.3 is 54.3 Å². The molecule has 32 heavy (non-hydrogen) atoms. The van der Waals surface area contributed by atoms with Crippen molar-refractivity contribution < 1.29 is 54.3 Å². The van der Waals surface area contributed by atoms with Crippen molar-refractivity contribution in [3.63, 3.8) is 0 Å². The molecule has 2 fully saturated rings. The van der Waals surface area contributed by atoms with E-state index in [0.29, 0.717) is 5.56 Å². The van der Waals surface area contributed by atoms with Crippen LogP contribution < -0.4 is 9.47 Å². The van der Waals surface area contributed by atoms with Gasteiger partial charge in [0.1, 0.15) is 47.6 Å². The minimum atomic E-state index is -1.89. The number of aliphatic hydroxyl groups is 6. The molecule has 0 spiro atoms. The second-order valence-corrected chi connectivity index (χ2v) is 8.44. The Morgan fingerprint density at radius 1 is 1.06 bits per heavy atom. The Balaban J connectivity index is 1.72. The van der Waals surface area contributed by atoms with Crippen molar-refractivity contribution in [3.05, 3.63) is 21.7 Å². The summed E-state index contributed by atoms with van der Waals surface area (Å²) in [6, 6.07) is 1.38. The molecule has 182 valence electrons. The number of rotatable bonds is 7. The number of halogens is 2. The van der Waals surface area contributed by atoms with Crippen LogP contribution in [0, 0.1) is 6.92 Å². The Hall–Kier alpha value is -0.960. The molecule has 2 aliphatic heterocycles. The maximum atomic E-state index is 10.3. The SMILES string of the molecule is COc1cc(OC2OC(COC3OCC(O)(CO)C3O)C(O)C(O)C2O)c(Cl)c(C)c1Cl. The highest BCUT2D eigenvalue weighted by Gasteiger charge is 2.50. The molecule has 0 radical (unpaired) electrons. The number of benzene rings is 1. The molecule has 0 aliphatic carbocycles. The van der Waals surface area contributed by atoms with Gasteiger partial charge in [-0.25, -0.2) is 0 Å². The van der Waals surface area contributed by atoms with Gasteiger partial charge in [0.15, 0.2) is 6.29 Å². The summed E-state index contributed by atoms with van der Waals surface area (Å²) in [5.74, 6) is 0.318. The van der Waals surface area contributed by atoms with Crippen LogP contribution in [0.3, 0.4) is 0 Å². The van der Waals surface area contributed by atoms with E-state index >= 15 is 0 Å². The average Bonchev–Trinajstić information content (AvgIpc) is 3.07. The molecule has 3 rings (SSSR count). The topological polar surface area (TPSA) is 168 Å². The third kappa shape index (κ3) is 4.79. The fourth-order valence-corrected chi connectivity index (χ4v) is 3.82. The zero-order chi connectivity index (χ0) is 23.8. The summed E-state index contributed by atoms with van der Waals surface area (Å²) in [4.78, 5) is 0. The Morgan fingerprint density at radius 2 is 1.72 bits per heavy atom. The summed E-state index contributed by atoms with van der Waals surface area (Å²) in [5.41, 5.74) is -1.43. The van der Waals surface area contributed by atoms with Crippen molar-refractivity contribution in [2.45, 2.75) is 55.6 Å². The first-order valence-corrected chi connectivity index (χ1v) is 10.4. The van der Waals surface area contributed by atoms with Gasteiger partial charge in [0.05, 0.1) is 37.0 Å². The highest BCUT2D eigenvalue weighted by Crippen LogP contribution is 2.41. The van der Waals surface area contributed by atoms with Crippen LogP contribution in [0.1, 0.15) is 5.56 Å². The summed E-state index contributed by atoms with van der Waals surface area (Å²) < 4.78 is 26.9. The number of aliphatic hydroxyl groups excluding tert-OH is 5. The quantitative estimate of drug-likeness (QED) is 0.270. The molecule has 0 saturated carbocycles. The average molecular weight is 501 g/mol. The fourth-order valence-electron chi connectivity index (χ4n) is 3.35. The lowest BCUT2D eigenvalue weighted by molar-refractivity contribution is -0.289. The molecule has 6 N–H and O–H groups in total. The molecule has 0 bridgehead atoms. The minimum Gasteiger partial charge on any atom is -0.495 e. The molecule has 1 aromatic rings. The predicted octanol–water partition coefficient (Wildman–Crippen LogP) is -1.05. The van der Waals surface area contributed by atoms with Crippen LogP contribution in [-0.4, -0.2) is 106 Å². The monoisotopic (exact) mass is 500 g/mol. The molecule has 1 aromatic carbocycles. The van der Waals surface area contributed by atoms with Crippen LogP contribution in [0.5, 0.6) is 11.5 Å². The Kier molecular flexibility index (Phi) is 8.11. The van der Waals surface area contributed by atoms with Gasteiger partial charge in [-0.1, -0.05) is 23.2 Å². The van der Waals surface area contributed by atoms with Gasteiger partial charge in [0.2, 0.25) is 6.29 Å². The van der Waals surface area contributed by atoms with Crippen LogP contribution in [0.25, 0.3) is 0 Å². The molecule has 8 unspecified atom stereocenters. The third-order valence-corrected chi connectivity index (χ3v) is 6.43. The summed E-state index contributed by atoms with van der Waals surface area (Å²) >= 11 is 12.4. The third-order valence-electron chi connectivity index (χ3n) is 5.49. The Bertz CT molecular complexity index is 812. The molecule has 8 atom stereocenters. The van der Waals surface area contributed by atoms with Gasteiger partial charge >= 0.3 is 0 Å². The van der Waals surface area contributed by atoms with Crippen molar-refractivity contribution in [3.8, 4) is 11.5 Å². The van der Waals surface area contributed by atoms with E-state index in [9.17, 15) is 30.6 Å². The van der Waals surface area contributed by atoms with E-state index < -0.39 is 61.9 Å². The molecule has 0 aromatic heterocycles. The fraction of sp³-hybridized carbons (Fsp3) is 0.684. The van der Waals surface area contributed by atoms with E-state index in [1.54, 1.807) is 6.92 Å². The Labute approximate surface area is 193 Å². The molecular weight excluding hydrogens is 475 g/mol. The van der Waals surface area contributed by atoms with Crippen molar-refractivity contribution in [1.29, 1.82) is 0 Å². The van der Waals surface area contributed by atoms with E-state index in [1.165, 1.54) is 13.2 Å². The van der Waals surface area contributed by atoms with Crippen LogP contribution in [0.4, 0.5) is 0 Å². The van der Waals surface area contributed by atoms with Crippen LogP contribution in [0.2, 0.25) is 10.0 Å². The number of hydrogen-bond donors (Lipinski definition) is 6. The molecule has 11 nitrogen and oxygen atoms in total. The molecule has 13 heteroatoms. The molecular formula is C19H26Cl2O11. The zero-order valence-electron chi connectivity index (χ0n) is 17.2. The van der Waals surface area contributed by atoms with E-state index in [1.807, 2.05) is 0 Å². The highest BCUT2D eigenvalue weighted by atomic mass is 35.5. The van der Waals surface area contributed by atoms with Crippen molar-refractivity contribution in [1.82, 2.24) is 0 Å². The van der Waals surface area contributed by atoms with E-state index in [4.69, 9.17) is 46.9 Å². The van der Waals surface area contributed by atoms with Gasteiger partial charge in [-0.3, -0.25) is 0 Å². The van der Waals surface area contributed by atoms with Crippen molar-refractivity contribution >= 4 is 23.2 Å². The minimum absolute atomic E-state index is 0.0558. The van der Waals surface area contributed by atoms with Crippen LogP contribution in [-0.2, 0) is 14.2 Å². The summed E-state index contributed by atoms with van der Waals surface area (Å²) in [6.07, 6.45) is -10.4. The van der Waals surface area contributed by atoms with Gasteiger partial charge in [-0.05, 0) is 12.5 Å². The standard InChI is InChI=1S/C19H26Cl2O11/c1-7-11(20)8(28-2)3-9(12(7)21)31-17-15(25)14(24)13(23)10(32-17)4-29-18-16(26)19(27,5-22)6-30-18/h3,10,13-18,22-27H,4-6H2,1-2H3. The van der Waals surface area contributed by atoms with Gasteiger partial charge in [0, 0.05) is 6.07 Å². The highest BCUT2D eigenvalue weighted by molar-refractivity contribution is 6.37. The lowest BCUT2D eigenvalue weighted by atomic mass is 9.99. The maximum Gasteiger partial charge on any atom is 0.229 e. The molecule has 2 aliphatic rings. The number of hydrogen-bond acceptors (Lipinski definition) is 11. The largest absolute Gasteiger partial charge is 0.495 e. The Morgan fingerprint density at radius 3 is 2.31 bits per heavy atom. The van der Waals surface area contributed by atoms with Gasteiger partial charge in [-0.2, -0.15) is 0 Å². The van der Waals surface area contributed by atoms with E-state index in [-0.39, 0.29) is 28.2 Å². The molecule has 2 saturated heterocycles. The predicted molar refractivity (Wildman–Crippen MR) is 109 cm³/mol. The number of ether oxygens (including phenoxy) is 5. The lowest BCUT2D eigenvalue weighted by Gasteiger charge is -2.40. The van der Waals surface area contributed by atoms with Crippen molar-refractivity contribution in [2.75, 3.05) is 26.9 Å². The van der Waals surface area contributed by atoms with Gasteiger partial charge in [0.25, 0.3) is 0 Å². The van der Waals surface area contributed by atoms with Crippen LogP contribution >= 0.6 is 23.2 Å². The smallest absolute Gasteiger partial charge is 0.229 e.